The van der Waals surface area contributed by atoms with Gasteiger partial charge in [-0.3, -0.25) is 0 Å². The minimum absolute atomic E-state index is 0.224. The van der Waals surface area contributed by atoms with Crippen LogP contribution in [0.3, 0.4) is 0 Å². The van der Waals surface area contributed by atoms with Crippen molar-refractivity contribution in [1.29, 1.82) is 0 Å². The molecule has 0 bridgehead atoms. The molecule has 0 fully saturated rings. The summed E-state index contributed by atoms with van der Waals surface area (Å²) in [5.41, 5.74) is 2.60. The molecule has 1 heterocycles. The summed E-state index contributed by atoms with van der Waals surface area (Å²) in [5, 5.41) is 13.7. The van der Waals surface area contributed by atoms with E-state index in [1.807, 2.05) is 48.5 Å². The van der Waals surface area contributed by atoms with Crippen molar-refractivity contribution in [3.05, 3.63) is 72.8 Å². The molecule has 3 aromatic carbocycles. The first-order chi connectivity index (χ1) is 12.7. The van der Waals surface area contributed by atoms with Crippen LogP contribution in [0.5, 0.6) is 11.5 Å². The average molecular weight is 343 g/mol. The molecule has 5 nitrogen and oxygen atoms in total. The van der Waals surface area contributed by atoms with Crippen LogP contribution < -0.4 is 10.1 Å². The number of para-hydroxylation sites is 1. The Hall–Kier alpha value is -3.60. The lowest BCUT2D eigenvalue weighted by atomic mass is 10.1. The maximum Gasteiger partial charge on any atom is 0.162 e. The van der Waals surface area contributed by atoms with Gasteiger partial charge in [-0.15, -0.1) is 0 Å². The van der Waals surface area contributed by atoms with Gasteiger partial charge in [0.2, 0.25) is 0 Å². The number of aromatic hydroxyl groups is 1. The molecule has 0 aliphatic heterocycles. The smallest absolute Gasteiger partial charge is 0.162 e. The summed E-state index contributed by atoms with van der Waals surface area (Å²) < 4.78 is 5.21. The van der Waals surface area contributed by atoms with E-state index in [2.05, 4.69) is 10.3 Å². The van der Waals surface area contributed by atoms with Crippen LogP contribution >= 0.6 is 0 Å². The van der Waals surface area contributed by atoms with Crippen LogP contribution in [0.2, 0.25) is 0 Å². The minimum atomic E-state index is 0.224. The highest BCUT2D eigenvalue weighted by Gasteiger charge is 2.10. The first-order valence-electron chi connectivity index (χ1n) is 8.20. The Balaban J connectivity index is 1.80. The second kappa shape index (κ2) is 6.72. The highest BCUT2D eigenvalue weighted by molar-refractivity contribution is 5.92. The number of rotatable bonds is 4. The minimum Gasteiger partial charge on any atom is -0.508 e. The third-order valence-corrected chi connectivity index (χ3v) is 4.08. The number of nitrogens with one attached hydrogen (secondary N) is 1. The van der Waals surface area contributed by atoms with Crippen molar-refractivity contribution < 1.29 is 9.84 Å². The molecule has 0 amide bonds. The van der Waals surface area contributed by atoms with Crippen molar-refractivity contribution in [3.63, 3.8) is 0 Å². The van der Waals surface area contributed by atoms with E-state index in [0.717, 1.165) is 27.9 Å². The van der Waals surface area contributed by atoms with E-state index in [1.54, 1.807) is 31.4 Å². The summed E-state index contributed by atoms with van der Waals surface area (Å²) in [6.45, 7) is 0. The predicted molar refractivity (Wildman–Crippen MR) is 103 cm³/mol. The van der Waals surface area contributed by atoms with Gasteiger partial charge >= 0.3 is 0 Å². The number of hydrogen-bond acceptors (Lipinski definition) is 5. The standard InChI is InChI=1S/C21H17N3O2/c1-26-17-12-6-14(7-13-17)20-23-19-5-3-2-4-18(19)21(24-20)22-15-8-10-16(25)11-9-15/h2-13,25H,1H3,(H,22,23,24). The Kier molecular flexibility index (Phi) is 4.11. The highest BCUT2D eigenvalue weighted by Crippen LogP contribution is 2.28. The Bertz CT molecular complexity index is 1040. The lowest BCUT2D eigenvalue weighted by molar-refractivity contribution is 0.415. The van der Waals surface area contributed by atoms with Crippen molar-refractivity contribution in [3.8, 4) is 22.9 Å². The summed E-state index contributed by atoms with van der Waals surface area (Å²) in [7, 11) is 1.64. The topological polar surface area (TPSA) is 67.3 Å². The molecule has 128 valence electrons. The molecular weight excluding hydrogens is 326 g/mol. The molecule has 0 saturated heterocycles. The van der Waals surface area contributed by atoms with Crippen molar-refractivity contribution >= 4 is 22.4 Å². The molecule has 4 rings (SSSR count). The molecule has 0 atom stereocenters. The molecule has 26 heavy (non-hydrogen) atoms. The molecular formula is C21H17N3O2. The summed E-state index contributed by atoms with van der Waals surface area (Å²) in [5.74, 6) is 2.36. The van der Waals surface area contributed by atoms with Crippen LogP contribution in [0.15, 0.2) is 72.8 Å². The number of anilines is 2. The lowest BCUT2D eigenvalue weighted by Gasteiger charge is -2.11. The lowest BCUT2D eigenvalue weighted by Crippen LogP contribution is -1.99. The van der Waals surface area contributed by atoms with E-state index >= 15 is 0 Å². The first kappa shape index (κ1) is 15.9. The van der Waals surface area contributed by atoms with E-state index in [1.165, 1.54) is 0 Å². The van der Waals surface area contributed by atoms with Gasteiger partial charge in [-0.05, 0) is 60.7 Å². The Morgan fingerprint density at radius 2 is 1.58 bits per heavy atom. The van der Waals surface area contributed by atoms with Crippen LogP contribution in [0.25, 0.3) is 22.3 Å². The largest absolute Gasteiger partial charge is 0.508 e. The Labute approximate surface area is 150 Å². The zero-order valence-electron chi connectivity index (χ0n) is 14.2. The second-order valence-corrected chi connectivity index (χ2v) is 5.81. The van der Waals surface area contributed by atoms with Crippen molar-refractivity contribution in [1.82, 2.24) is 9.97 Å². The normalized spacial score (nSPS) is 10.7. The van der Waals surface area contributed by atoms with Gasteiger partial charge in [0.25, 0.3) is 0 Å². The summed E-state index contributed by atoms with van der Waals surface area (Å²) in [6.07, 6.45) is 0. The van der Waals surface area contributed by atoms with Gasteiger partial charge in [0.05, 0.1) is 12.6 Å². The van der Waals surface area contributed by atoms with E-state index < -0.39 is 0 Å². The number of fused-ring (bicyclic) bond motifs is 1. The van der Waals surface area contributed by atoms with E-state index in [0.29, 0.717) is 11.6 Å². The molecule has 1 aromatic heterocycles. The number of phenols is 1. The van der Waals surface area contributed by atoms with Crippen LogP contribution in [-0.2, 0) is 0 Å². The van der Waals surface area contributed by atoms with Crippen molar-refractivity contribution in [2.24, 2.45) is 0 Å². The third kappa shape index (κ3) is 3.15. The van der Waals surface area contributed by atoms with Crippen LogP contribution in [-0.4, -0.2) is 22.2 Å². The van der Waals surface area contributed by atoms with Crippen LogP contribution in [0.4, 0.5) is 11.5 Å². The molecule has 0 aliphatic carbocycles. The highest BCUT2D eigenvalue weighted by atomic mass is 16.5. The SMILES string of the molecule is COc1ccc(-c2nc(Nc3ccc(O)cc3)c3ccccc3n2)cc1. The Morgan fingerprint density at radius 3 is 2.31 bits per heavy atom. The van der Waals surface area contributed by atoms with Gasteiger partial charge in [0.1, 0.15) is 17.3 Å². The molecule has 0 unspecified atom stereocenters. The third-order valence-electron chi connectivity index (χ3n) is 4.08. The van der Waals surface area contributed by atoms with Crippen molar-refractivity contribution in [2.45, 2.75) is 0 Å². The van der Waals surface area contributed by atoms with Crippen LogP contribution in [0.1, 0.15) is 0 Å². The van der Waals surface area contributed by atoms with Gasteiger partial charge in [0, 0.05) is 16.6 Å². The molecule has 0 radical (unpaired) electrons. The fourth-order valence-electron chi connectivity index (χ4n) is 2.72. The first-order valence-corrected chi connectivity index (χ1v) is 8.20. The molecule has 0 spiro atoms. The molecule has 5 heteroatoms. The van der Waals surface area contributed by atoms with Crippen molar-refractivity contribution in [2.75, 3.05) is 12.4 Å². The van der Waals surface area contributed by atoms with Gasteiger partial charge in [-0.25, -0.2) is 9.97 Å². The number of benzene rings is 3. The summed E-state index contributed by atoms with van der Waals surface area (Å²) in [4.78, 5) is 9.40. The van der Waals surface area contributed by atoms with Gasteiger partial charge in [0.15, 0.2) is 5.82 Å². The molecule has 4 aromatic rings. The fraction of sp³-hybridized carbons (Fsp3) is 0.0476. The van der Waals surface area contributed by atoms with Gasteiger partial charge < -0.3 is 15.2 Å². The summed E-state index contributed by atoms with van der Waals surface area (Å²) in [6, 6.07) is 22.4. The maximum atomic E-state index is 9.47. The van der Waals surface area contributed by atoms with E-state index in [4.69, 9.17) is 9.72 Å². The number of methoxy groups -OCH3 is 1. The monoisotopic (exact) mass is 343 g/mol. The van der Waals surface area contributed by atoms with Gasteiger partial charge in [-0.2, -0.15) is 0 Å². The number of ether oxygens (including phenoxy) is 1. The second-order valence-electron chi connectivity index (χ2n) is 5.81. The maximum absolute atomic E-state index is 9.47. The zero-order valence-corrected chi connectivity index (χ0v) is 14.2. The number of aromatic nitrogens is 2. The van der Waals surface area contributed by atoms with E-state index in [9.17, 15) is 5.11 Å². The molecule has 2 N–H and O–H groups in total. The summed E-state index contributed by atoms with van der Waals surface area (Å²) >= 11 is 0. The quantitative estimate of drug-likeness (QED) is 0.523. The van der Waals surface area contributed by atoms with Crippen LogP contribution in [0, 0.1) is 0 Å². The number of phenolic OH excluding ortho intramolecular Hbond substituents is 1. The van der Waals surface area contributed by atoms with Gasteiger partial charge in [-0.1, -0.05) is 12.1 Å². The molecule has 0 saturated carbocycles. The van der Waals surface area contributed by atoms with E-state index in [-0.39, 0.29) is 5.75 Å². The number of nitrogens with zero attached hydrogens (tertiary/aromatic N) is 2. The Morgan fingerprint density at radius 1 is 0.846 bits per heavy atom. The zero-order chi connectivity index (χ0) is 17.9. The number of hydrogen-bond donors (Lipinski definition) is 2. The average Bonchev–Trinajstić information content (AvgIpc) is 2.69. The predicted octanol–water partition coefficient (Wildman–Crippen LogP) is 4.75. The molecule has 0 aliphatic rings. The fourth-order valence-corrected chi connectivity index (χ4v) is 2.72.